The van der Waals surface area contributed by atoms with Crippen LogP contribution in [0.25, 0.3) is 0 Å². The van der Waals surface area contributed by atoms with Crippen LogP contribution < -0.4 is 0 Å². The second-order valence-corrected chi connectivity index (χ2v) is 6.24. The molecule has 2 aromatic rings. The average molecular weight is 333 g/mol. The standard InChI is InChI=1S/C22H23NO2/c23-17-19(16-22(25)20-11-5-2-6-12-20)10-7-13-21(24)15-14-18-8-3-1-4-9-18/h1-6,8-9,11-12,19H,7,10,13-16H2. The number of rotatable bonds is 10. The smallest absolute Gasteiger partial charge is 0.164 e. The highest BCUT2D eigenvalue weighted by Gasteiger charge is 2.15. The number of ketones is 2. The number of Topliss-reactive ketones (excluding diaryl/α,β-unsaturated/α-hetero) is 2. The van der Waals surface area contributed by atoms with Crippen molar-refractivity contribution in [1.29, 1.82) is 5.26 Å². The van der Waals surface area contributed by atoms with Crippen LogP contribution in [0.2, 0.25) is 0 Å². The molecule has 3 heteroatoms. The fourth-order valence-corrected chi connectivity index (χ4v) is 2.78. The van der Waals surface area contributed by atoms with E-state index in [9.17, 15) is 14.9 Å². The molecule has 2 aromatic carbocycles. The maximum absolute atomic E-state index is 12.2. The summed E-state index contributed by atoms with van der Waals surface area (Å²) in [5, 5.41) is 9.25. The molecule has 0 aliphatic carbocycles. The van der Waals surface area contributed by atoms with Crippen molar-refractivity contribution in [2.45, 2.75) is 38.5 Å². The molecule has 0 heterocycles. The van der Waals surface area contributed by atoms with E-state index in [-0.39, 0.29) is 23.9 Å². The summed E-state index contributed by atoms with van der Waals surface area (Å²) in [4.78, 5) is 24.1. The van der Waals surface area contributed by atoms with Gasteiger partial charge in [-0.25, -0.2) is 0 Å². The summed E-state index contributed by atoms with van der Waals surface area (Å²) in [5.41, 5.74) is 1.81. The quantitative estimate of drug-likeness (QED) is 0.588. The zero-order valence-electron chi connectivity index (χ0n) is 14.4. The third kappa shape index (κ3) is 6.73. The van der Waals surface area contributed by atoms with Gasteiger partial charge in [-0.1, -0.05) is 60.7 Å². The summed E-state index contributed by atoms with van der Waals surface area (Å²) in [6.45, 7) is 0. The van der Waals surface area contributed by atoms with Gasteiger partial charge in [-0.15, -0.1) is 0 Å². The Morgan fingerprint density at radius 3 is 2.20 bits per heavy atom. The maximum atomic E-state index is 12.2. The number of hydrogen-bond donors (Lipinski definition) is 0. The largest absolute Gasteiger partial charge is 0.300 e. The van der Waals surface area contributed by atoms with Crippen molar-refractivity contribution in [2.75, 3.05) is 0 Å². The van der Waals surface area contributed by atoms with E-state index in [1.165, 1.54) is 5.56 Å². The summed E-state index contributed by atoms with van der Waals surface area (Å²) < 4.78 is 0. The van der Waals surface area contributed by atoms with Crippen LogP contribution in [0, 0.1) is 17.2 Å². The van der Waals surface area contributed by atoms with Crippen molar-refractivity contribution in [3.8, 4) is 6.07 Å². The van der Waals surface area contributed by atoms with E-state index in [0.717, 1.165) is 6.42 Å². The third-order valence-corrected chi connectivity index (χ3v) is 4.25. The first kappa shape index (κ1) is 18.6. The lowest BCUT2D eigenvalue weighted by Gasteiger charge is -2.08. The minimum absolute atomic E-state index is 0.0115. The van der Waals surface area contributed by atoms with Crippen LogP contribution in [0.15, 0.2) is 60.7 Å². The van der Waals surface area contributed by atoms with E-state index in [1.54, 1.807) is 12.1 Å². The first-order chi connectivity index (χ1) is 12.2. The number of carbonyl (C=O) groups is 2. The van der Waals surface area contributed by atoms with Gasteiger partial charge in [0.2, 0.25) is 0 Å². The average Bonchev–Trinajstić information content (AvgIpc) is 2.67. The molecule has 0 N–H and O–H groups in total. The fourth-order valence-electron chi connectivity index (χ4n) is 2.78. The molecule has 0 radical (unpaired) electrons. The monoisotopic (exact) mass is 333 g/mol. The van der Waals surface area contributed by atoms with Crippen LogP contribution in [-0.2, 0) is 11.2 Å². The Bertz CT molecular complexity index is 717. The highest BCUT2D eigenvalue weighted by atomic mass is 16.1. The Morgan fingerprint density at radius 1 is 0.920 bits per heavy atom. The van der Waals surface area contributed by atoms with Gasteiger partial charge in [0, 0.05) is 24.8 Å². The Kier molecular flexibility index (Phi) is 7.59. The molecule has 0 aliphatic heterocycles. The molecule has 0 saturated carbocycles. The van der Waals surface area contributed by atoms with Crippen molar-refractivity contribution < 1.29 is 9.59 Å². The summed E-state index contributed by atoms with van der Waals surface area (Å²) in [6.07, 6.45) is 3.24. The molecule has 3 nitrogen and oxygen atoms in total. The Morgan fingerprint density at radius 2 is 1.56 bits per heavy atom. The number of nitrogens with zero attached hydrogens (tertiary/aromatic N) is 1. The van der Waals surface area contributed by atoms with E-state index >= 15 is 0 Å². The van der Waals surface area contributed by atoms with Crippen molar-refractivity contribution in [2.24, 2.45) is 5.92 Å². The Labute approximate surface area is 149 Å². The maximum Gasteiger partial charge on any atom is 0.164 e. The predicted molar refractivity (Wildman–Crippen MR) is 98.1 cm³/mol. The van der Waals surface area contributed by atoms with E-state index in [2.05, 4.69) is 6.07 Å². The number of benzene rings is 2. The Hall–Kier alpha value is -2.73. The second kappa shape index (κ2) is 10.2. The van der Waals surface area contributed by atoms with E-state index in [4.69, 9.17) is 0 Å². The predicted octanol–water partition coefficient (Wildman–Crippen LogP) is 4.77. The zero-order chi connectivity index (χ0) is 17.9. The molecule has 0 spiro atoms. The lowest BCUT2D eigenvalue weighted by atomic mass is 9.93. The SMILES string of the molecule is N#CC(CCCC(=O)CCc1ccccc1)CC(=O)c1ccccc1. The molecular weight excluding hydrogens is 310 g/mol. The van der Waals surface area contributed by atoms with Gasteiger partial charge in [-0.2, -0.15) is 5.26 Å². The van der Waals surface area contributed by atoms with Crippen LogP contribution in [0.3, 0.4) is 0 Å². The van der Waals surface area contributed by atoms with Crippen LogP contribution in [0.5, 0.6) is 0 Å². The van der Waals surface area contributed by atoms with Crippen LogP contribution in [-0.4, -0.2) is 11.6 Å². The summed E-state index contributed by atoms with van der Waals surface area (Å²) >= 11 is 0. The topological polar surface area (TPSA) is 57.9 Å². The lowest BCUT2D eigenvalue weighted by Crippen LogP contribution is -2.08. The van der Waals surface area contributed by atoms with Gasteiger partial charge in [0.05, 0.1) is 12.0 Å². The van der Waals surface area contributed by atoms with Crippen molar-refractivity contribution in [3.05, 3.63) is 71.8 Å². The van der Waals surface area contributed by atoms with E-state index in [1.807, 2.05) is 48.5 Å². The molecule has 2 rings (SSSR count). The van der Waals surface area contributed by atoms with Crippen LogP contribution in [0.1, 0.15) is 48.0 Å². The minimum atomic E-state index is -0.324. The van der Waals surface area contributed by atoms with Gasteiger partial charge in [-0.3, -0.25) is 9.59 Å². The third-order valence-electron chi connectivity index (χ3n) is 4.25. The van der Waals surface area contributed by atoms with Gasteiger partial charge in [0.1, 0.15) is 5.78 Å². The normalized spacial score (nSPS) is 11.5. The summed E-state index contributed by atoms with van der Waals surface area (Å²) in [5.74, 6) is -0.118. The molecule has 0 saturated heterocycles. The first-order valence-electron chi connectivity index (χ1n) is 8.72. The minimum Gasteiger partial charge on any atom is -0.300 e. The van der Waals surface area contributed by atoms with Crippen molar-refractivity contribution in [1.82, 2.24) is 0 Å². The first-order valence-corrected chi connectivity index (χ1v) is 8.72. The Balaban J connectivity index is 1.69. The van der Waals surface area contributed by atoms with Crippen LogP contribution >= 0.6 is 0 Å². The van der Waals surface area contributed by atoms with Gasteiger partial charge in [0.15, 0.2) is 5.78 Å². The molecule has 0 fully saturated rings. The zero-order valence-corrected chi connectivity index (χ0v) is 14.4. The van der Waals surface area contributed by atoms with E-state index in [0.29, 0.717) is 31.2 Å². The van der Waals surface area contributed by atoms with Gasteiger partial charge in [-0.05, 0) is 24.8 Å². The molecule has 0 amide bonds. The number of carbonyl (C=O) groups excluding carboxylic acids is 2. The van der Waals surface area contributed by atoms with E-state index < -0.39 is 0 Å². The number of nitriles is 1. The van der Waals surface area contributed by atoms with Gasteiger partial charge < -0.3 is 0 Å². The van der Waals surface area contributed by atoms with Crippen molar-refractivity contribution in [3.63, 3.8) is 0 Å². The molecule has 0 aliphatic rings. The molecule has 1 atom stereocenters. The molecule has 0 bridgehead atoms. The van der Waals surface area contributed by atoms with Crippen LogP contribution in [0.4, 0.5) is 0 Å². The fraction of sp³-hybridized carbons (Fsp3) is 0.318. The summed E-state index contributed by atoms with van der Waals surface area (Å²) in [7, 11) is 0. The number of hydrogen-bond acceptors (Lipinski definition) is 3. The van der Waals surface area contributed by atoms with Gasteiger partial charge in [0.25, 0.3) is 0 Å². The van der Waals surface area contributed by atoms with Gasteiger partial charge >= 0.3 is 0 Å². The van der Waals surface area contributed by atoms with Crippen molar-refractivity contribution >= 4 is 11.6 Å². The number of aryl methyl sites for hydroxylation is 1. The molecule has 128 valence electrons. The molecule has 0 aromatic heterocycles. The highest BCUT2D eigenvalue weighted by molar-refractivity contribution is 5.96. The molecule has 25 heavy (non-hydrogen) atoms. The summed E-state index contributed by atoms with van der Waals surface area (Å²) in [6, 6.07) is 21.2. The lowest BCUT2D eigenvalue weighted by molar-refractivity contribution is -0.119. The highest BCUT2D eigenvalue weighted by Crippen LogP contribution is 2.16. The second-order valence-electron chi connectivity index (χ2n) is 6.24. The molecular formula is C22H23NO2. The molecule has 1 unspecified atom stereocenters.